The Bertz CT molecular complexity index is 377. The molecular weight excluding hydrogens is 246 g/mol. The van der Waals surface area contributed by atoms with E-state index in [0.717, 1.165) is 12.8 Å². The van der Waals surface area contributed by atoms with E-state index in [-0.39, 0.29) is 18.1 Å². The molecular formula is C14H23NO4. The minimum absolute atomic E-state index is 0.124. The lowest BCUT2D eigenvalue weighted by molar-refractivity contribution is -0.154. The number of esters is 1. The van der Waals surface area contributed by atoms with Gasteiger partial charge >= 0.3 is 12.1 Å². The van der Waals surface area contributed by atoms with Gasteiger partial charge in [-0.1, -0.05) is 0 Å². The van der Waals surface area contributed by atoms with Crippen LogP contribution in [0.2, 0.25) is 0 Å². The van der Waals surface area contributed by atoms with Crippen molar-refractivity contribution < 1.29 is 19.1 Å². The van der Waals surface area contributed by atoms with Gasteiger partial charge in [-0.05, 0) is 53.4 Å². The molecule has 5 heteroatoms. The molecule has 2 rings (SSSR count). The number of carbonyl (C=O) groups is 2. The SMILES string of the molecule is CCOC(=O)C12CCC(CC1)N2C(=O)OC(C)(C)C. The highest BCUT2D eigenvalue weighted by Gasteiger charge is 2.60. The van der Waals surface area contributed by atoms with Gasteiger partial charge in [-0.3, -0.25) is 4.90 Å². The minimum atomic E-state index is -0.775. The van der Waals surface area contributed by atoms with Gasteiger partial charge in [0.05, 0.1) is 6.61 Å². The quantitative estimate of drug-likeness (QED) is 0.723. The van der Waals surface area contributed by atoms with Crippen molar-refractivity contribution in [3.05, 3.63) is 0 Å². The van der Waals surface area contributed by atoms with Crippen LogP contribution in [0.5, 0.6) is 0 Å². The lowest BCUT2D eigenvalue weighted by Gasteiger charge is -2.33. The molecule has 0 N–H and O–H groups in total. The largest absolute Gasteiger partial charge is 0.464 e. The molecule has 1 amide bonds. The maximum atomic E-state index is 12.3. The number of amides is 1. The van der Waals surface area contributed by atoms with Crippen LogP contribution in [0.25, 0.3) is 0 Å². The first-order valence-corrected chi connectivity index (χ1v) is 7.00. The maximum absolute atomic E-state index is 12.3. The van der Waals surface area contributed by atoms with Gasteiger partial charge in [0.15, 0.2) is 0 Å². The van der Waals surface area contributed by atoms with Crippen molar-refractivity contribution in [2.24, 2.45) is 0 Å². The number of carbonyl (C=O) groups excluding carboxylic acids is 2. The molecule has 2 aliphatic rings. The average Bonchev–Trinajstić information content (AvgIpc) is 2.83. The lowest BCUT2D eigenvalue weighted by Crippen LogP contribution is -2.52. The van der Waals surface area contributed by atoms with Gasteiger partial charge in [-0.2, -0.15) is 0 Å². The molecule has 0 aliphatic carbocycles. The maximum Gasteiger partial charge on any atom is 0.411 e. The normalized spacial score (nSPS) is 29.5. The van der Waals surface area contributed by atoms with E-state index in [1.54, 1.807) is 11.8 Å². The van der Waals surface area contributed by atoms with Crippen LogP contribution in [0, 0.1) is 0 Å². The summed E-state index contributed by atoms with van der Waals surface area (Å²) in [7, 11) is 0. The molecule has 0 aromatic rings. The number of nitrogens with zero attached hydrogens (tertiary/aromatic N) is 1. The van der Waals surface area contributed by atoms with Crippen molar-refractivity contribution in [3.63, 3.8) is 0 Å². The summed E-state index contributed by atoms with van der Waals surface area (Å²) < 4.78 is 10.6. The molecule has 0 spiro atoms. The zero-order chi connectivity index (χ0) is 14.3. The van der Waals surface area contributed by atoms with Crippen LogP contribution in [0.3, 0.4) is 0 Å². The van der Waals surface area contributed by atoms with E-state index in [1.807, 2.05) is 20.8 Å². The molecule has 0 radical (unpaired) electrons. The molecule has 19 heavy (non-hydrogen) atoms. The zero-order valence-corrected chi connectivity index (χ0v) is 12.2. The lowest BCUT2D eigenvalue weighted by atomic mass is 9.88. The summed E-state index contributed by atoms with van der Waals surface area (Å²) in [5.41, 5.74) is -1.32. The fourth-order valence-corrected chi connectivity index (χ4v) is 3.13. The third kappa shape index (κ3) is 2.42. The molecule has 2 bridgehead atoms. The topological polar surface area (TPSA) is 55.8 Å². The second kappa shape index (κ2) is 4.69. The van der Waals surface area contributed by atoms with Crippen molar-refractivity contribution in [1.82, 2.24) is 4.90 Å². The Morgan fingerprint density at radius 3 is 2.32 bits per heavy atom. The molecule has 0 aromatic heterocycles. The number of hydrogen-bond donors (Lipinski definition) is 0. The highest BCUT2D eigenvalue weighted by molar-refractivity contribution is 5.87. The number of ether oxygens (including phenoxy) is 2. The van der Waals surface area contributed by atoms with Gasteiger partial charge in [0.2, 0.25) is 0 Å². The second-order valence-electron chi connectivity index (χ2n) is 6.33. The molecule has 2 heterocycles. The van der Waals surface area contributed by atoms with Crippen LogP contribution >= 0.6 is 0 Å². The third-order valence-corrected chi connectivity index (χ3v) is 3.85. The van der Waals surface area contributed by atoms with Crippen molar-refractivity contribution in [1.29, 1.82) is 0 Å². The molecule has 2 fully saturated rings. The van der Waals surface area contributed by atoms with Crippen molar-refractivity contribution in [3.8, 4) is 0 Å². The molecule has 0 unspecified atom stereocenters. The van der Waals surface area contributed by atoms with Crippen LogP contribution in [-0.2, 0) is 14.3 Å². The molecule has 108 valence electrons. The second-order valence-corrected chi connectivity index (χ2v) is 6.33. The Morgan fingerprint density at radius 1 is 1.26 bits per heavy atom. The Kier molecular flexibility index (Phi) is 3.49. The Labute approximate surface area is 114 Å². The summed E-state index contributed by atoms with van der Waals surface area (Å²) in [4.78, 5) is 26.2. The first kappa shape index (κ1) is 14.2. The molecule has 0 atom stereocenters. The summed E-state index contributed by atoms with van der Waals surface area (Å²) in [5.74, 6) is -0.277. The Morgan fingerprint density at radius 2 is 1.84 bits per heavy atom. The first-order valence-electron chi connectivity index (χ1n) is 7.00. The molecule has 5 nitrogen and oxygen atoms in total. The number of hydrogen-bond acceptors (Lipinski definition) is 4. The van der Waals surface area contributed by atoms with Crippen LogP contribution in [0.4, 0.5) is 4.79 Å². The van der Waals surface area contributed by atoms with Crippen LogP contribution in [0.15, 0.2) is 0 Å². The highest BCUT2D eigenvalue weighted by atomic mass is 16.6. The predicted octanol–water partition coefficient (Wildman–Crippen LogP) is 2.48. The van der Waals surface area contributed by atoms with Gasteiger partial charge in [-0.25, -0.2) is 9.59 Å². The zero-order valence-electron chi connectivity index (χ0n) is 12.2. The smallest absolute Gasteiger partial charge is 0.411 e. The fourth-order valence-electron chi connectivity index (χ4n) is 3.13. The van der Waals surface area contributed by atoms with E-state index in [0.29, 0.717) is 19.4 Å². The monoisotopic (exact) mass is 269 g/mol. The van der Waals surface area contributed by atoms with Gasteiger partial charge in [0.25, 0.3) is 0 Å². The number of rotatable bonds is 2. The average molecular weight is 269 g/mol. The summed E-state index contributed by atoms with van der Waals surface area (Å²) in [6.07, 6.45) is 2.71. The predicted molar refractivity (Wildman–Crippen MR) is 69.7 cm³/mol. The van der Waals surface area contributed by atoms with E-state index in [1.165, 1.54) is 0 Å². The summed E-state index contributed by atoms with van der Waals surface area (Å²) in [6, 6.07) is 0.124. The van der Waals surface area contributed by atoms with E-state index in [4.69, 9.17) is 9.47 Å². The fraction of sp³-hybridized carbons (Fsp3) is 0.857. The van der Waals surface area contributed by atoms with Crippen LogP contribution in [-0.4, -0.2) is 40.8 Å². The molecule has 0 saturated carbocycles. The molecule has 2 aliphatic heterocycles. The van der Waals surface area contributed by atoms with Gasteiger partial charge in [-0.15, -0.1) is 0 Å². The van der Waals surface area contributed by atoms with Gasteiger partial charge in [0, 0.05) is 6.04 Å². The van der Waals surface area contributed by atoms with Crippen LogP contribution < -0.4 is 0 Å². The van der Waals surface area contributed by atoms with E-state index in [9.17, 15) is 9.59 Å². The van der Waals surface area contributed by atoms with Crippen LogP contribution in [0.1, 0.15) is 53.4 Å². The van der Waals surface area contributed by atoms with Gasteiger partial charge < -0.3 is 9.47 Å². The summed E-state index contributed by atoms with van der Waals surface area (Å²) >= 11 is 0. The van der Waals surface area contributed by atoms with Crippen molar-refractivity contribution in [2.45, 2.75) is 70.6 Å². The van der Waals surface area contributed by atoms with E-state index >= 15 is 0 Å². The van der Waals surface area contributed by atoms with Gasteiger partial charge in [0.1, 0.15) is 11.1 Å². The van der Waals surface area contributed by atoms with Crippen molar-refractivity contribution >= 4 is 12.1 Å². The first-order chi connectivity index (χ1) is 8.80. The standard InChI is InChI=1S/C14H23NO4/c1-5-18-11(16)14-8-6-10(7-9-14)15(14)12(17)19-13(2,3)4/h10H,5-9H2,1-4H3. The summed E-state index contributed by atoms with van der Waals surface area (Å²) in [6.45, 7) is 7.63. The Balaban J connectivity index is 2.19. The van der Waals surface area contributed by atoms with E-state index in [2.05, 4.69) is 0 Å². The third-order valence-electron chi connectivity index (χ3n) is 3.85. The molecule has 0 aromatic carbocycles. The van der Waals surface area contributed by atoms with E-state index < -0.39 is 11.1 Å². The number of fused-ring (bicyclic) bond motifs is 2. The Hall–Kier alpha value is -1.26. The summed E-state index contributed by atoms with van der Waals surface area (Å²) in [5, 5.41) is 0. The molecule has 2 saturated heterocycles. The van der Waals surface area contributed by atoms with Crippen molar-refractivity contribution in [2.75, 3.05) is 6.61 Å². The highest BCUT2D eigenvalue weighted by Crippen LogP contribution is 2.47. The minimum Gasteiger partial charge on any atom is -0.464 e.